The molecule has 2 heterocycles. The number of hydrogen-bond acceptors (Lipinski definition) is 5. The molecule has 0 amide bonds. The standard InChI is InChI=1S/C18H32N6O3/c1-3-5-7-25-11-15-14(26-8-6-4-2)9-13(27-15)12-10-22-17(23-12)16(19)24-18(20)21/h10,13-15H,3-9,11H2,1-2H3,(H,22,23)(H5,19,20,21,24)/t13-,14+,15-/m1/s1. The third-order valence-corrected chi connectivity index (χ3v) is 4.38. The lowest BCUT2D eigenvalue weighted by Gasteiger charge is -2.19. The van der Waals surface area contributed by atoms with Gasteiger partial charge in [-0.15, -0.1) is 0 Å². The summed E-state index contributed by atoms with van der Waals surface area (Å²) < 4.78 is 18.0. The number of aromatic amines is 1. The SMILES string of the molecule is CCCCOC[C@H]1O[C@@H](c2cnc(C(N)=NC(=N)N)[nH]2)C[C@@H]1OCCCC. The first-order valence-electron chi connectivity index (χ1n) is 9.63. The van der Waals surface area contributed by atoms with Gasteiger partial charge in [-0.05, 0) is 12.8 Å². The molecule has 1 aromatic rings. The molecule has 0 radical (unpaired) electrons. The number of guanidine groups is 1. The summed E-state index contributed by atoms with van der Waals surface area (Å²) in [7, 11) is 0. The summed E-state index contributed by atoms with van der Waals surface area (Å²) in [6, 6.07) is 0. The minimum Gasteiger partial charge on any atom is -0.380 e. The van der Waals surface area contributed by atoms with E-state index in [0.717, 1.165) is 51.0 Å². The smallest absolute Gasteiger partial charge is 0.214 e. The van der Waals surface area contributed by atoms with Gasteiger partial charge in [-0.25, -0.2) is 4.98 Å². The van der Waals surface area contributed by atoms with E-state index in [1.807, 2.05) is 0 Å². The topological polar surface area (TPSA) is 145 Å². The van der Waals surface area contributed by atoms with Gasteiger partial charge in [0.25, 0.3) is 0 Å². The second kappa shape index (κ2) is 11.0. The lowest BCUT2D eigenvalue weighted by atomic mass is 10.1. The van der Waals surface area contributed by atoms with E-state index < -0.39 is 0 Å². The average Bonchev–Trinajstić information content (AvgIpc) is 3.26. The highest BCUT2D eigenvalue weighted by Gasteiger charge is 2.37. The van der Waals surface area contributed by atoms with Gasteiger partial charge in [0.05, 0.1) is 24.6 Å². The number of nitrogens with two attached hydrogens (primary N) is 2. The van der Waals surface area contributed by atoms with Gasteiger partial charge in [0.1, 0.15) is 12.2 Å². The zero-order valence-electron chi connectivity index (χ0n) is 16.2. The largest absolute Gasteiger partial charge is 0.380 e. The molecule has 0 aromatic carbocycles. The number of rotatable bonds is 11. The van der Waals surface area contributed by atoms with E-state index in [1.54, 1.807) is 6.20 Å². The second-order valence-electron chi connectivity index (χ2n) is 6.66. The van der Waals surface area contributed by atoms with Crippen molar-refractivity contribution < 1.29 is 14.2 Å². The van der Waals surface area contributed by atoms with Crippen LogP contribution in [0.1, 0.15) is 63.6 Å². The lowest BCUT2D eigenvalue weighted by molar-refractivity contribution is -0.0655. The molecule has 1 aliphatic heterocycles. The predicted molar refractivity (Wildman–Crippen MR) is 104 cm³/mol. The minimum absolute atomic E-state index is 0.0156. The number of ether oxygens (including phenoxy) is 3. The maximum atomic E-state index is 7.19. The number of imidazole rings is 1. The maximum Gasteiger partial charge on any atom is 0.214 e. The monoisotopic (exact) mass is 380 g/mol. The summed E-state index contributed by atoms with van der Waals surface area (Å²) in [4.78, 5) is 11.0. The van der Waals surface area contributed by atoms with Crippen molar-refractivity contribution in [1.29, 1.82) is 5.41 Å². The molecule has 0 spiro atoms. The number of nitrogens with zero attached hydrogens (tertiary/aromatic N) is 2. The first kappa shape index (κ1) is 21.3. The fourth-order valence-corrected chi connectivity index (χ4v) is 2.88. The Morgan fingerprint density at radius 3 is 2.78 bits per heavy atom. The average molecular weight is 380 g/mol. The normalized spacial score (nSPS) is 23.0. The van der Waals surface area contributed by atoms with Crippen LogP contribution in [0.4, 0.5) is 0 Å². The number of aliphatic imine (C=N–C) groups is 1. The number of unbranched alkanes of at least 4 members (excludes halogenated alkanes) is 2. The van der Waals surface area contributed by atoms with Crippen LogP contribution in [0.15, 0.2) is 11.2 Å². The van der Waals surface area contributed by atoms with Gasteiger partial charge in [-0.1, -0.05) is 26.7 Å². The summed E-state index contributed by atoms with van der Waals surface area (Å²) in [6.45, 7) is 6.24. The van der Waals surface area contributed by atoms with Gasteiger partial charge >= 0.3 is 0 Å². The number of hydrogen-bond donors (Lipinski definition) is 4. The van der Waals surface area contributed by atoms with Gasteiger partial charge in [0, 0.05) is 19.6 Å². The van der Waals surface area contributed by atoms with Crippen LogP contribution < -0.4 is 11.5 Å². The van der Waals surface area contributed by atoms with E-state index in [4.69, 9.17) is 31.1 Å². The van der Waals surface area contributed by atoms with Gasteiger partial charge in [0.2, 0.25) is 5.96 Å². The van der Waals surface area contributed by atoms with Crippen LogP contribution in [0.2, 0.25) is 0 Å². The highest BCUT2D eigenvalue weighted by Crippen LogP contribution is 2.34. The van der Waals surface area contributed by atoms with E-state index >= 15 is 0 Å². The van der Waals surface area contributed by atoms with Gasteiger partial charge < -0.3 is 30.7 Å². The Hall–Kier alpha value is -1.97. The zero-order valence-corrected chi connectivity index (χ0v) is 16.2. The predicted octanol–water partition coefficient (Wildman–Crippen LogP) is 1.84. The maximum absolute atomic E-state index is 7.19. The summed E-state index contributed by atoms with van der Waals surface area (Å²) in [5.74, 6) is 0.0769. The Labute approximate surface area is 160 Å². The van der Waals surface area contributed by atoms with Crippen LogP contribution >= 0.6 is 0 Å². The molecule has 3 atom stereocenters. The van der Waals surface area contributed by atoms with Crippen molar-refractivity contribution in [2.75, 3.05) is 19.8 Å². The van der Waals surface area contributed by atoms with Crippen molar-refractivity contribution in [3.05, 3.63) is 17.7 Å². The third kappa shape index (κ3) is 6.60. The fraction of sp³-hybridized carbons (Fsp3) is 0.722. The van der Waals surface area contributed by atoms with Crippen LogP contribution in [0.5, 0.6) is 0 Å². The Kier molecular flexibility index (Phi) is 8.70. The van der Waals surface area contributed by atoms with Crippen molar-refractivity contribution in [1.82, 2.24) is 9.97 Å². The summed E-state index contributed by atoms with van der Waals surface area (Å²) in [5, 5.41) is 7.19. The van der Waals surface area contributed by atoms with Crippen LogP contribution in [-0.2, 0) is 14.2 Å². The molecule has 1 saturated heterocycles. The van der Waals surface area contributed by atoms with Crippen LogP contribution in [-0.4, -0.2) is 53.8 Å². The molecule has 9 nitrogen and oxygen atoms in total. The number of H-pyrrole nitrogens is 1. The van der Waals surface area contributed by atoms with Crippen molar-refractivity contribution in [3.63, 3.8) is 0 Å². The molecule has 1 aliphatic rings. The molecule has 9 heteroatoms. The van der Waals surface area contributed by atoms with E-state index in [1.165, 1.54) is 0 Å². The minimum atomic E-state index is -0.365. The Morgan fingerprint density at radius 2 is 2.07 bits per heavy atom. The Bertz CT molecular complexity index is 618. The van der Waals surface area contributed by atoms with E-state index in [2.05, 4.69) is 28.8 Å². The zero-order chi connectivity index (χ0) is 19.6. The molecular weight excluding hydrogens is 348 g/mol. The first-order valence-corrected chi connectivity index (χ1v) is 9.63. The highest BCUT2D eigenvalue weighted by atomic mass is 16.6. The van der Waals surface area contributed by atoms with Crippen molar-refractivity contribution in [3.8, 4) is 0 Å². The van der Waals surface area contributed by atoms with Crippen LogP contribution in [0.3, 0.4) is 0 Å². The van der Waals surface area contributed by atoms with E-state index in [-0.39, 0.29) is 30.1 Å². The van der Waals surface area contributed by atoms with E-state index in [0.29, 0.717) is 12.4 Å². The third-order valence-electron chi connectivity index (χ3n) is 4.38. The molecule has 0 bridgehead atoms. The molecule has 0 unspecified atom stereocenters. The van der Waals surface area contributed by atoms with Crippen molar-refractivity contribution >= 4 is 11.8 Å². The molecule has 27 heavy (non-hydrogen) atoms. The molecule has 1 aromatic heterocycles. The number of aromatic nitrogens is 2. The van der Waals surface area contributed by atoms with E-state index in [9.17, 15) is 0 Å². The molecule has 1 fully saturated rings. The summed E-state index contributed by atoms with van der Waals surface area (Å²) >= 11 is 0. The second-order valence-corrected chi connectivity index (χ2v) is 6.66. The summed E-state index contributed by atoms with van der Waals surface area (Å²) in [5.41, 5.74) is 11.8. The summed E-state index contributed by atoms with van der Waals surface area (Å²) in [6.07, 6.45) is 6.34. The highest BCUT2D eigenvalue weighted by molar-refractivity contribution is 6.01. The quantitative estimate of drug-likeness (QED) is 0.262. The Morgan fingerprint density at radius 1 is 1.33 bits per heavy atom. The number of amidine groups is 1. The molecule has 0 aliphatic carbocycles. The Balaban J connectivity index is 2.00. The van der Waals surface area contributed by atoms with Gasteiger partial charge in [-0.2, -0.15) is 4.99 Å². The molecule has 2 rings (SSSR count). The van der Waals surface area contributed by atoms with Crippen LogP contribution in [0, 0.1) is 5.41 Å². The van der Waals surface area contributed by atoms with Crippen LogP contribution in [0.25, 0.3) is 0 Å². The number of nitrogens with one attached hydrogen (secondary N) is 2. The van der Waals surface area contributed by atoms with Crippen molar-refractivity contribution in [2.45, 2.75) is 64.3 Å². The molecule has 0 saturated carbocycles. The van der Waals surface area contributed by atoms with Gasteiger partial charge in [-0.3, -0.25) is 5.41 Å². The van der Waals surface area contributed by atoms with Crippen molar-refractivity contribution in [2.24, 2.45) is 16.5 Å². The molecular formula is C18H32N6O3. The first-order chi connectivity index (χ1) is 13.0. The fourth-order valence-electron chi connectivity index (χ4n) is 2.88. The van der Waals surface area contributed by atoms with Gasteiger partial charge in [0.15, 0.2) is 11.7 Å². The lowest BCUT2D eigenvalue weighted by Crippen LogP contribution is -2.29. The molecule has 6 N–H and O–H groups in total. The molecule has 152 valence electrons.